The molecule has 1 aliphatic rings. The average Bonchev–Trinajstić information content (AvgIpc) is 2.84. The molecule has 0 radical (unpaired) electrons. The SMILES string of the molecule is [C-]#[N+]c1cccc(-n2c3c(n(-c4cccc(C#N)c4)c2=O)C=CCC=C3)c1. The molecule has 1 aliphatic carbocycles. The second-order valence-electron chi connectivity index (χ2n) is 6.06. The fraction of sp³-hybridized carbons (Fsp3) is 0.0455. The van der Waals surface area contributed by atoms with Crippen molar-refractivity contribution >= 4 is 17.8 Å². The lowest BCUT2D eigenvalue weighted by Crippen LogP contribution is -2.23. The van der Waals surface area contributed by atoms with E-state index >= 15 is 0 Å². The van der Waals surface area contributed by atoms with Gasteiger partial charge in [-0.25, -0.2) is 9.64 Å². The molecule has 128 valence electrons. The van der Waals surface area contributed by atoms with Crippen LogP contribution >= 0.6 is 0 Å². The summed E-state index contributed by atoms with van der Waals surface area (Å²) in [5.41, 5.74) is 3.49. The largest absolute Gasteiger partial charge is 0.338 e. The number of allylic oxidation sites excluding steroid dienone is 2. The van der Waals surface area contributed by atoms with Gasteiger partial charge in [0, 0.05) is 5.69 Å². The summed E-state index contributed by atoms with van der Waals surface area (Å²) >= 11 is 0. The van der Waals surface area contributed by atoms with Crippen molar-refractivity contribution in [1.29, 1.82) is 5.26 Å². The van der Waals surface area contributed by atoms with Crippen molar-refractivity contribution in [2.24, 2.45) is 0 Å². The van der Waals surface area contributed by atoms with E-state index in [9.17, 15) is 10.1 Å². The molecule has 4 rings (SSSR count). The highest BCUT2D eigenvalue weighted by Gasteiger charge is 2.20. The zero-order chi connectivity index (χ0) is 18.8. The van der Waals surface area contributed by atoms with Gasteiger partial charge in [0.15, 0.2) is 5.69 Å². The molecule has 2 aromatic carbocycles. The second-order valence-corrected chi connectivity index (χ2v) is 6.06. The van der Waals surface area contributed by atoms with E-state index in [4.69, 9.17) is 6.57 Å². The molecular formula is C22H14N4O. The number of benzene rings is 2. The normalized spacial score (nSPS) is 12.1. The molecule has 5 heteroatoms. The summed E-state index contributed by atoms with van der Waals surface area (Å²) in [6, 6.07) is 16.1. The maximum absolute atomic E-state index is 13.4. The summed E-state index contributed by atoms with van der Waals surface area (Å²) in [6.07, 6.45) is 8.60. The highest BCUT2D eigenvalue weighted by molar-refractivity contribution is 5.67. The van der Waals surface area contributed by atoms with Crippen LogP contribution in [0.2, 0.25) is 0 Å². The molecule has 0 saturated carbocycles. The molecule has 5 nitrogen and oxygen atoms in total. The standard InChI is InChI=1S/C22H14N4O/c1-24-17-8-6-10-19(14-17)26-21-12-4-2-3-11-20(21)25(22(26)27)18-9-5-7-16(13-18)15-23/h3-14H,2H2. The van der Waals surface area contributed by atoms with Gasteiger partial charge in [0.05, 0.1) is 35.3 Å². The van der Waals surface area contributed by atoms with Gasteiger partial charge in [-0.3, -0.25) is 9.13 Å². The third-order valence-electron chi connectivity index (χ3n) is 4.40. The molecule has 0 spiro atoms. The van der Waals surface area contributed by atoms with E-state index in [1.165, 1.54) is 0 Å². The number of imidazole rings is 1. The van der Waals surface area contributed by atoms with Crippen LogP contribution in [0.3, 0.4) is 0 Å². The van der Waals surface area contributed by atoms with E-state index in [1.54, 1.807) is 45.5 Å². The fourth-order valence-corrected chi connectivity index (χ4v) is 3.21. The number of nitriles is 1. The number of fused-ring (bicyclic) bond motifs is 1. The highest BCUT2D eigenvalue weighted by atomic mass is 16.1. The maximum atomic E-state index is 13.4. The van der Waals surface area contributed by atoms with Gasteiger partial charge in [0.2, 0.25) is 0 Å². The number of nitrogens with zero attached hydrogens (tertiary/aromatic N) is 4. The van der Waals surface area contributed by atoms with Crippen LogP contribution in [0, 0.1) is 17.9 Å². The first kappa shape index (κ1) is 16.4. The van der Waals surface area contributed by atoms with E-state index in [0.717, 1.165) is 17.8 Å². The van der Waals surface area contributed by atoms with Crippen LogP contribution in [-0.4, -0.2) is 9.13 Å². The zero-order valence-electron chi connectivity index (χ0n) is 14.3. The molecule has 27 heavy (non-hydrogen) atoms. The molecule has 0 bridgehead atoms. The average molecular weight is 350 g/mol. The Morgan fingerprint density at radius 3 is 2.22 bits per heavy atom. The highest BCUT2D eigenvalue weighted by Crippen LogP contribution is 2.25. The van der Waals surface area contributed by atoms with Crippen molar-refractivity contribution in [3.63, 3.8) is 0 Å². The summed E-state index contributed by atoms with van der Waals surface area (Å²) in [7, 11) is 0. The lowest BCUT2D eigenvalue weighted by atomic mass is 10.2. The lowest BCUT2D eigenvalue weighted by molar-refractivity contribution is 0.902. The molecule has 0 fully saturated rings. The number of aromatic nitrogens is 2. The maximum Gasteiger partial charge on any atom is 0.338 e. The Kier molecular flexibility index (Phi) is 4.04. The van der Waals surface area contributed by atoms with Crippen LogP contribution in [0.1, 0.15) is 23.4 Å². The molecule has 1 heterocycles. The molecule has 3 aromatic rings. The number of hydrogen-bond donors (Lipinski definition) is 0. The summed E-state index contributed by atoms with van der Waals surface area (Å²) in [5.74, 6) is 0. The quantitative estimate of drug-likeness (QED) is 0.640. The van der Waals surface area contributed by atoms with Crippen LogP contribution in [0.15, 0.2) is 65.5 Å². The summed E-state index contributed by atoms with van der Waals surface area (Å²) in [5, 5.41) is 9.21. The monoisotopic (exact) mass is 350 g/mol. The minimum Gasteiger partial charge on any atom is -0.261 e. The molecule has 1 aromatic heterocycles. The predicted molar refractivity (Wildman–Crippen MR) is 105 cm³/mol. The van der Waals surface area contributed by atoms with Crippen LogP contribution in [-0.2, 0) is 0 Å². The molecule has 0 unspecified atom stereocenters. The molecule has 0 N–H and O–H groups in total. The first-order valence-electron chi connectivity index (χ1n) is 8.42. The van der Waals surface area contributed by atoms with Gasteiger partial charge >= 0.3 is 5.69 Å². The van der Waals surface area contributed by atoms with E-state index in [0.29, 0.717) is 22.6 Å². The minimum absolute atomic E-state index is 0.242. The predicted octanol–water partition coefficient (Wildman–Crippen LogP) is 4.48. The third kappa shape index (κ3) is 2.78. The molecule has 0 atom stereocenters. The zero-order valence-corrected chi connectivity index (χ0v) is 14.3. The molecule has 0 aliphatic heterocycles. The van der Waals surface area contributed by atoms with Crippen molar-refractivity contribution in [2.45, 2.75) is 6.42 Å². The smallest absolute Gasteiger partial charge is 0.261 e. The Morgan fingerprint density at radius 1 is 0.963 bits per heavy atom. The van der Waals surface area contributed by atoms with E-state index in [-0.39, 0.29) is 5.69 Å². The third-order valence-corrected chi connectivity index (χ3v) is 4.40. The number of hydrogen-bond acceptors (Lipinski definition) is 2. The van der Waals surface area contributed by atoms with Gasteiger partial charge in [-0.15, -0.1) is 0 Å². The van der Waals surface area contributed by atoms with Crippen molar-refractivity contribution in [2.75, 3.05) is 0 Å². The van der Waals surface area contributed by atoms with Crippen LogP contribution < -0.4 is 5.69 Å². The Morgan fingerprint density at radius 2 is 1.59 bits per heavy atom. The minimum atomic E-state index is -0.242. The van der Waals surface area contributed by atoms with Crippen LogP contribution in [0.25, 0.3) is 28.4 Å². The van der Waals surface area contributed by atoms with E-state index in [2.05, 4.69) is 10.9 Å². The van der Waals surface area contributed by atoms with Crippen LogP contribution in [0.4, 0.5) is 5.69 Å². The number of rotatable bonds is 2. The molecule has 0 amide bonds. The van der Waals surface area contributed by atoms with Gasteiger partial charge in [-0.2, -0.15) is 5.26 Å². The first-order chi connectivity index (χ1) is 13.2. The summed E-state index contributed by atoms with van der Waals surface area (Å²) in [6.45, 7) is 7.24. The van der Waals surface area contributed by atoms with Gasteiger partial charge in [-0.05, 0) is 48.9 Å². The summed E-state index contributed by atoms with van der Waals surface area (Å²) in [4.78, 5) is 16.8. The van der Waals surface area contributed by atoms with Crippen LogP contribution in [0.5, 0.6) is 0 Å². The van der Waals surface area contributed by atoms with Crippen molar-refractivity contribution in [3.05, 3.63) is 99.5 Å². The Labute approximate surface area is 156 Å². The second kappa shape index (κ2) is 6.67. The molecule has 0 saturated heterocycles. The first-order valence-corrected chi connectivity index (χ1v) is 8.42. The van der Waals surface area contributed by atoms with Gasteiger partial charge in [0.25, 0.3) is 0 Å². The van der Waals surface area contributed by atoms with Crippen molar-refractivity contribution in [3.8, 4) is 17.4 Å². The lowest BCUT2D eigenvalue weighted by Gasteiger charge is -2.05. The topological polar surface area (TPSA) is 55.1 Å². The Bertz CT molecular complexity index is 1150. The Hall–Kier alpha value is -4.09. The summed E-state index contributed by atoms with van der Waals surface area (Å²) < 4.78 is 3.21. The van der Waals surface area contributed by atoms with Gasteiger partial charge in [-0.1, -0.05) is 30.4 Å². The van der Waals surface area contributed by atoms with E-state index < -0.39 is 0 Å². The van der Waals surface area contributed by atoms with E-state index in [1.807, 2.05) is 36.4 Å². The fourth-order valence-electron chi connectivity index (χ4n) is 3.21. The van der Waals surface area contributed by atoms with Gasteiger partial charge in [0.1, 0.15) is 0 Å². The Balaban J connectivity index is 2.06. The molecular weight excluding hydrogens is 336 g/mol. The van der Waals surface area contributed by atoms with Gasteiger partial charge < -0.3 is 0 Å². The van der Waals surface area contributed by atoms with Crippen molar-refractivity contribution in [1.82, 2.24) is 9.13 Å². The van der Waals surface area contributed by atoms with Crippen molar-refractivity contribution < 1.29 is 0 Å².